The Labute approximate surface area is 161 Å². The van der Waals surface area contributed by atoms with Crippen LogP contribution in [0.1, 0.15) is 16.7 Å². The van der Waals surface area contributed by atoms with Gasteiger partial charge in [0.2, 0.25) is 0 Å². The summed E-state index contributed by atoms with van der Waals surface area (Å²) in [6.45, 7) is 7.07. The summed E-state index contributed by atoms with van der Waals surface area (Å²) < 4.78 is 5.24. The molecule has 5 nitrogen and oxygen atoms in total. The van der Waals surface area contributed by atoms with Gasteiger partial charge in [-0.1, -0.05) is 42.0 Å². The topological polar surface area (TPSA) is 44.8 Å². The molecule has 27 heavy (non-hydrogen) atoms. The molecular formula is C22H29N3O2. The molecular weight excluding hydrogens is 338 g/mol. The summed E-state index contributed by atoms with van der Waals surface area (Å²) >= 11 is 0. The van der Waals surface area contributed by atoms with Crippen molar-refractivity contribution in [1.29, 1.82) is 0 Å². The number of carbonyl (C=O) groups excluding carboxylic acids is 1. The number of piperazine rings is 1. The van der Waals surface area contributed by atoms with Gasteiger partial charge in [-0.25, -0.2) is 4.79 Å². The second kappa shape index (κ2) is 9.42. The van der Waals surface area contributed by atoms with E-state index in [1.54, 1.807) is 7.11 Å². The largest absolute Gasteiger partial charge is 0.497 e. The van der Waals surface area contributed by atoms with E-state index in [4.69, 9.17) is 4.74 Å². The number of benzene rings is 2. The van der Waals surface area contributed by atoms with Crippen molar-refractivity contribution < 1.29 is 9.53 Å². The summed E-state index contributed by atoms with van der Waals surface area (Å²) in [6.07, 6.45) is 0.802. The van der Waals surface area contributed by atoms with Gasteiger partial charge in [0.05, 0.1) is 7.11 Å². The molecule has 1 heterocycles. The first-order valence-corrected chi connectivity index (χ1v) is 9.57. The highest BCUT2D eigenvalue weighted by Crippen LogP contribution is 2.13. The molecule has 5 heteroatoms. The zero-order chi connectivity index (χ0) is 19.1. The Morgan fingerprint density at radius 3 is 2.48 bits per heavy atom. The van der Waals surface area contributed by atoms with Crippen LogP contribution in [0.5, 0.6) is 5.75 Å². The fourth-order valence-corrected chi connectivity index (χ4v) is 3.31. The number of hydrogen-bond acceptors (Lipinski definition) is 3. The molecule has 0 radical (unpaired) electrons. The monoisotopic (exact) mass is 367 g/mol. The maximum Gasteiger partial charge on any atom is 0.317 e. The summed E-state index contributed by atoms with van der Waals surface area (Å²) in [7, 11) is 1.67. The first-order valence-electron chi connectivity index (χ1n) is 9.57. The average Bonchev–Trinajstić information content (AvgIpc) is 2.70. The maximum absolute atomic E-state index is 12.4. The summed E-state index contributed by atoms with van der Waals surface area (Å²) in [5.74, 6) is 0.850. The summed E-state index contributed by atoms with van der Waals surface area (Å²) in [6, 6.07) is 16.7. The summed E-state index contributed by atoms with van der Waals surface area (Å²) in [5.41, 5.74) is 3.78. The Bertz CT molecular complexity index is 737. The van der Waals surface area contributed by atoms with Crippen molar-refractivity contribution in [3.8, 4) is 5.75 Å². The number of rotatable bonds is 6. The van der Waals surface area contributed by atoms with Gasteiger partial charge in [0.1, 0.15) is 5.75 Å². The standard InChI is InChI=1S/C22H29N3O2/c1-18-6-8-20(9-7-18)17-24-12-14-25(15-13-24)22(26)23-11-10-19-4-3-5-21(16-19)27-2/h3-9,16H,10-15,17H2,1-2H3,(H,23,26). The van der Waals surface area contributed by atoms with Crippen LogP contribution in [0.2, 0.25) is 0 Å². The van der Waals surface area contributed by atoms with E-state index in [9.17, 15) is 4.79 Å². The molecule has 1 N–H and O–H groups in total. The minimum absolute atomic E-state index is 0.0351. The Hall–Kier alpha value is -2.53. The van der Waals surface area contributed by atoms with Crippen LogP contribution in [0.25, 0.3) is 0 Å². The molecule has 144 valence electrons. The normalized spacial score (nSPS) is 14.8. The lowest BCUT2D eigenvalue weighted by Crippen LogP contribution is -2.51. The Kier molecular flexibility index (Phi) is 6.71. The molecule has 2 aromatic rings. The molecule has 0 bridgehead atoms. The minimum atomic E-state index is 0.0351. The molecule has 0 atom stereocenters. The van der Waals surface area contributed by atoms with E-state index in [1.807, 2.05) is 23.1 Å². The van der Waals surface area contributed by atoms with Gasteiger partial charge in [-0.2, -0.15) is 0 Å². The molecule has 0 spiro atoms. The number of urea groups is 1. The first-order chi connectivity index (χ1) is 13.1. The van der Waals surface area contributed by atoms with Crippen molar-refractivity contribution in [2.75, 3.05) is 39.8 Å². The Morgan fingerprint density at radius 1 is 1.04 bits per heavy atom. The van der Waals surface area contributed by atoms with Crippen LogP contribution in [-0.2, 0) is 13.0 Å². The van der Waals surface area contributed by atoms with E-state index in [2.05, 4.69) is 47.5 Å². The second-order valence-electron chi connectivity index (χ2n) is 7.08. The van der Waals surface area contributed by atoms with Gasteiger partial charge in [-0.05, 0) is 36.6 Å². The Morgan fingerprint density at radius 2 is 1.78 bits per heavy atom. The summed E-state index contributed by atoms with van der Waals surface area (Å²) in [4.78, 5) is 16.7. The van der Waals surface area contributed by atoms with Crippen LogP contribution < -0.4 is 10.1 Å². The Balaban J connectivity index is 1.38. The van der Waals surface area contributed by atoms with Crippen molar-refractivity contribution in [2.45, 2.75) is 19.9 Å². The number of amides is 2. The van der Waals surface area contributed by atoms with Crippen molar-refractivity contribution in [1.82, 2.24) is 15.1 Å². The highest BCUT2D eigenvalue weighted by atomic mass is 16.5. The van der Waals surface area contributed by atoms with E-state index in [1.165, 1.54) is 11.1 Å². The van der Waals surface area contributed by atoms with Crippen LogP contribution in [0.15, 0.2) is 48.5 Å². The molecule has 2 aromatic carbocycles. The zero-order valence-corrected chi connectivity index (χ0v) is 16.3. The molecule has 1 aliphatic heterocycles. The third-order valence-corrected chi connectivity index (χ3v) is 5.01. The predicted octanol–water partition coefficient (Wildman–Crippen LogP) is 3.07. The highest BCUT2D eigenvalue weighted by Gasteiger charge is 2.20. The van der Waals surface area contributed by atoms with E-state index in [0.29, 0.717) is 6.54 Å². The number of nitrogens with zero attached hydrogens (tertiary/aromatic N) is 2. The number of aryl methyl sites for hydroxylation is 1. The number of methoxy groups -OCH3 is 1. The number of hydrogen-bond donors (Lipinski definition) is 1. The van der Waals surface area contributed by atoms with E-state index >= 15 is 0 Å². The van der Waals surface area contributed by atoms with Gasteiger partial charge in [0.25, 0.3) is 0 Å². The molecule has 1 saturated heterocycles. The minimum Gasteiger partial charge on any atom is -0.497 e. The zero-order valence-electron chi connectivity index (χ0n) is 16.3. The smallest absolute Gasteiger partial charge is 0.317 e. The van der Waals surface area contributed by atoms with Gasteiger partial charge < -0.3 is 15.0 Å². The van der Waals surface area contributed by atoms with E-state index < -0.39 is 0 Å². The predicted molar refractivity (Wildman–Crippen MR) is 108 cm³/mol. The average molecular weight is 367 g/mol. The number of carbonyl (C=O) groups is 1. The molecule has 0 aromatic heterocycles. The molecule has 0 unspecified atom stereocenters. The van der Waals surface area contributed by atoms with E-state index in [0.717, 1.165) is 50.5 Å². The van der Waals surface area contributed by atoms with Crippen molar-refractivity contribution in [3.63, 3.8) is 0 Å². The SMILES string of the molecule is COc1cccc(CCNC(=O)N2CCN(Cc3ccc(C)cc3)CC2)c1. The van der Waals surface area contributed by atoms with E-state index in [-0.39, 0.29) is 6.03 Å². The van der Waals surface area contributed by atoms with Crippen molar-refractivity contribution >= 4 is 6.03 Å². The van der Waals surface area contributed by atoms with Crippen molar-refractivity contribution in [2.24, 2.45) is 0 Å². The fourth-order valence-electron chi connectivity index (χ4n) is 3.31. The number of ether oxygens (including phenoxy) is 1. The van der Waals surface area contributed by atoms with Crippen LogP contribution in [0.3, 0.4) is 0 Å². The lowest BCUT2D eigenvalue weighted by Gasteiger charge is -2.34. The van der Waals surface area contributed by atoms with Crippen LogP contribution >= 0.6 is 0 Å². The molecule has 1 aliphatic rings. The van der Waals surface area contributed by atoms with Crippen LogP contribution in [0, 0.1) is 6.92 Å². The van der Waals surface area contributed by atoms with Crippen LogP contribution in [0.4, 0.5) is 4.79 Å². The molecule has 0 saturated carbocycles. The first kappa shape index (κ1) is 19.2. The molecule has 0 aliphatic carbocycles. The molecule has 2 amide bonds. The van der Waals surface area contributed by atoms with Gasteiger partial charge in [0.15, 0.2) is 0 Å². The number of nitrogens with one attached hydrogen (secondary N) is 1. The van der Waals surface area contributed by atoms with Gasteiger partial charge in [-0.3, -0.25) is 4.90 Å². The third-order valence-electron chi connectivity index (χ3n) is 5.01. The fraction of sp³-hybridized carbons (Fsp3) is 0.409. The lowest BCUT2D eigenvalue weighted by molar-refractivity contribution is 0.135. The molecule has 1 fully saturated rings. The third kappa shape index (κ3) is 5.73. The highest BCUT2D eigenvalue weighted by molar-refractivity contribution is 5.74. The van der Waals surface area contributed by atoms with Gasteiger partial charge >= 0.3 is 6.03 Å². The van der Waals surface area contributed by atoms with Gasteiger partial charge in [-0.15, -0.1) is 0 Å². The van der Waals surface area contributed by atoms with Gasteiger partial charge in [0, 0.05) is 39.3 Å². The molecule has 3 rings (SSSR count). The lowest BCUT2D eigenvalue weighted by atomic mass is 10.1. The maximum atomic E-state index is 12.4. The van der Waals surface area contributed by atoms with Crippen molar-refractivity contribution in [3.05, 3.63) is 65.2 Å². The summed E-state index contributed by atoms with van der Waals surface area (Å²) in [5, 5.41) is 3.04. The second-order valence-corrected chi connectivity index (χ2v) is 7.08. The quantitative estimate of drug-likeness (QED) is 0.853. The van der Waals surface area contributed by atoms with Crippen LogP contribution in [-0.4, -0.2) is 55.7 Å².